The van der Waals surface area contributed by atoms with E-state index in [1.54, 1.807) is 11.8 Å². The van der Waals surface area contributed by atoms with Crippen molar-refractivity contribution in [3.05, 3.63) is 78.0 Å². The van der Waals surface area contributed by atoms with Gasteiger partial charge in [-0.3, -0.25) is 0 Å². The normalized spacial score (nSPS) is 11.1. The molecule has 0 bridgehead atoms. The number of fused-ring (bicyclic) bond motifs is 3. The number of pyridine rings is 1. The summed E-state index contributed by atoms with van der Waals surface area (Å²) in [6, 6.07) is 20.4. The number of aryl methyl sites for hydroxylation is 1. The van der Waals surface area contributed by atoms with Crippen LogP contribution >= 0.6 is 11.8 Å². The predicted octanol–water partition coefficient (Wildman–Crippen LogP) is 5.34. The number of aromatic nitrogens is 1. The molecule has 0 saturated carbocycles. The molecule has 0 atom stereocenters. The number of hydrogen-bond donors (Lipinski definition) is 0. The maximum absolute atomic E-state index is 12.3. The summed E-state index contributed by atoms with van der Waals surface area (Å²) in [5, 5.41) is 3.14. The molecular formula is C21H17NO2S. The van der Waals surface area contributed by atoms with Crippen LogP contribution in [0.1, 0.15) is 15.9 Å². The van der Waals surface area contributed by atoms with Gasteiger partial charge in [0.25, 0.3) is 0 Å². The summed E-state index contributed by atoms with van der Waals surface area (Å²) in [6.45, 7) is 2.07. The molecule has 0 spiro atoms. The zero-order valence-corrected chi connectivity index (χ0v) is 14.8. The van der Waals surface area contributed by atoms with Gasteiger partial charge in [-0.15, -0.1) is 0 Å². The molecule has 0 fully saturated rings. The van der Waals surface area contributed by atoms with Crippen LogP contribution in [0, 0.1) is 6.92 Å². The highest BCUT2D eigenvalue weighted by atomic mass is 32.2. The molecule has 0 saturated heterocycles. The molecule has 25 heavy (non-hydrogen) atoms. The van der Waals surface area contributed by atoms with Crippen LogP contribution in [0.3, 0.4) is 0 Å². The summed E-state index contributed by atoms with van der Waals surface area (Å²) in [5.41, 5.74) is 2.71. The van der Waals surface area contributed by atoms with E-state index >= 15 is 0 Å². The number of carbonyl (C=O) groups is 1. The highest BCUT2D eigenvalue weighted by Gasteiger charge is 2.18. The molecule has 2 aromatic carbocycles. The third-order valence-electron chi connectivity index (χ3n) is 4.27. The summed E-state index contributed by atoms with van der Waals surface area (Å²) in [5.74, 6) is -0.315. The van der Waals surface area contributed by atoms with E-state index in [0.29, 0.717) is 5.56 Å². The molecule has 2 heterocycles. The fourth-order valence-corrected chi connectivity index (χ4v) is 3.95. The van der Waals surface area contributed by atoms with Crippen LogP contribution < -0.4 is 0 Å². The largest absolute Gasteiger partial charge is 0.465 e. The lowest BCUT2D eigenvalue weighted by Crippen LogP contribution is -2.00. The van der Waals surface area contributed by atoms with Gasteiger partial charge in [0.15, 0.2) is 0 Å². The molecule has 0 aliphatic carbocycles. The van der Waals surface area contributed by atoms with Crippen LogP contribution in [0.25, 0.3) is 16.3 Å². The quantitative estimate of drug-likeness (QED) is 0.469. The number of methoxy groups -OCH3 is 1. The molecule has 0 unspecified atom stereocenters. The van der Waals surface area contributed by atoms with E-state index in [9.17, 15) is 4.79 Å². The predicted molar refractivity (Wildman–Crippen MR) is 102 cm³/mol. The second kappa shape index (κ2) is 6.30. The molecule has 0 amide bonds. The molecule has 4 heteroatoms. The topological polar surface area (TPSA) is 30.7 Å². The second-order valence-corrected chi connectivity index (χ2v) is 7.02. The zero-order chi connectivity index (χ0) is 17.4. The summed E-state index contributed by atoms with van der Waals surface area (Å²) in [7, 11) is 1.42. The van der Waals surface area contributed by atoms with Crippen molar-refractivity contribution in [2.45, 2.75) is 16.8 Å². The van der Waals surface area contributed by atoms with Gasteiger partial charge in [0.05, 0.1) is 23.2 Å². The number of ether oxygens (including phenoxy) is 1. The van der Waals surface area contributed by atoms with Crippen molar-refractivity contribution in [2.24, 2.45) is 0 Å². The van der Waals surface area contributed by atoms with Gasteiger partial charge < -0.3 is 9.14 Å². The minimum Gasteiger partial charge on any atom is -0.465 e. The van der Waals surface area contributed by atoms with Gasteiger partial charge in [-0.1, -0.05) is 53.7 Å². The van der Waals surface area contributed by atoms with Gasteiger partial charge >= 0.3 is 5.97 Å². The van der Waals surface area contributed by atoms with Gasteiger partial charge in [-0.25, -0.2) is 4.79 Å². The minimum absolute atomic E-state index is 0.315. The number of hydrogen-bond acceptors (Lipinski definition) is 3. The Bertz CT molecular complexity index is 1080. The number of carbonyl (C=O) groups excluding carboxylic acids is 1. The molecule has 4 aromatic rings. The molecular weight excluding hydrogens is 330 g/mol. The second-order valence-electron chi connectivity index (χ2n) is 5.92. The molecule has 0 radical (unpaired) electrons. The van der Waals surface area contributed by atoms with Crippen molar-refractivity contribution in [1.82, 2.24) is 4.40 Å². The lowest BCUT2D eigenvalue weighted by Gasteiger charge is -2.06. The minimum atomic E-state index is -0.315. The van der Waals surface area contributed by atoms with Crippen LogP contribution in [-0.4, -0.2) is 17.5 Å². The van der Waals surface area contributed by atoms with Gasteiger partial charge in [-0.05, 0) is 36.6 Å². The van der Waals surface area contributed by atoms with Crippen LogP contribution in [-0.2, 0) is 4.74 Å². The standard InChI is InChI=1S/C21H17NO2S/c1-14-7-9-16(10-8-14)25-19-13-18(21(23)24-2)20-17-6-4-3-5-15(17)11-12-22(19)20/h3-13H,1-2H3. The lowest BCUT2D eigenvalue weighted by atomic mass is 10.1. The Hall–Kier alpha value is -2.72. The van der Waals surface area contributed by atoms with Crippen LogP contribution in [0.4, 0.5) is 0 Å². The van der Waals surface area contributed by atoms with E-state index in [1.807, 2.05) is 30.5 Å². The monoisotopic (exact) mass is 347 g/mol. The average Bonchev–Trinajstić information content (AvgIpc) is 3.02. The first kappa shape index (κ1) is 15.8. The number of benzene rings is 2. The summed E-state index contributed by atoms with van der Waals surface area (Å²) in [4.78, 5) is 13.5. The number of esters is 1. The number of nitrogens with zero attached hydrogens (tertiary/aromatic N) is 1. The van der Waals surface area contributed by atoms with E-state index in [1.165, 1.54) is 12.7 Å². The Morgan fingerprint density at radius 1 is 1.04 bits per heavy atom. The average molecular weight is 347 g/mol. The maximum atomic E-state index is 12.3. The molecule has 3 nitrogen and oxygen atoms in total. The van der Waals surface area contributed by atoms with Crippen molar-refractivity contribution in [3.63, 3.8) is 0 Å². The molecule has 2 aromatic heterocycles. The van der Waals surface area contributed by atoms with Gasteiger partial charge in [0, 0.05) is 16.5 Å². The Labute approximate surface area is 150 Å². The Balaban J connectivity index is 1.94. The fraction of sp³-hybridized carbons (Fsp3) is 0.0952. The smallest absolute Gasteiger partial charge is 0.340 e. The van der Waals surface area contributed by atoms with Crippen molar-refractivity contribution >= 4 is 34.0 Å². The Morgan fingerprint density at radius 2 is 1.80 bits per heavy atom. The first-order valence-corrected chi connectivity index (χ1v) is 8.84. The van der Waals surface area contributed by atoms with Crippen molar-refractivity contribution < 1.29 is 9.53 Å². The summed E-state index contributed by atoms with van der Waals surface area (Å²) < 4.78 is 7.08. The highest BCUT2D eigenvalue weighted by Crippen LogP contribution is 2.34. The first-order valence-electron chi connectivity index (χ1n) is 8.03. The van der Waals surface area contributed by atoms with Crippen molar-refractivity contribution in [3.8, 4) is 0 Å². The number of rotatable bonds is 3. The zero-order valence-electron chi connectivity index (χ0n) is 14.0. The Kier molecular flexibility index (Phi) is 3.98. The van der Waals surface area contributed by atoms with E-state index in [4.69, 9.17) is 4.74 Å². The van der Waals surface area contributed by atoms with Crippen LogP contribution in [0.15, 0.2) is 76.8 Å². The van der Waals surface area contributed by atoms with Gasteiger partial charge in [0.2, 0.25) is 0 Å². The van der Waals surface area contributed by atoms with E-state index < -0.39 is 0 Å². The molecule has 4 rings (SSSR count). The van der Waals surface area contributed by atoms with Crippen LogP contribution in [0.5, 0.6) is 0 Å². The summed E-state index contributed by atoms with van der Waals surface area (Å²) >= 11 is 1.64. The van der Waals surface area contributed by atoms with E-state index in [2.05, 4.69) is 47.7 Å². The third kappa shape index (κ3) is 2.79. The SMILES string of the molecule is COC(=O)c1cc(Sc2ccc(C)cc2)n2ccc3ccccc3c12. The molecule has 0 N–H and O–H groups in total. The van der Waals surface area contributed by atoms with E-state index in [0.717, 1.165) is 26.2 Å². The van der Waals surface area contributed by atoms with Gasteiger partial charge in [0.1, 0.15) is 0 Å². The molecule has 0 aliphatic heterocycles. The van der Waals surface area contributed by atoms with Crippen molar-refractivity contribution in [2.75, 3.05) is 7.11 Å². The van der Waals surface area contributed by atoms with Crippen molar-refractivity contribution in [1.29, 1.82) is 0 Å². The maximum Gasteiger partial charge on any atom is 0.340 e. The molecule has 124 valence electrons. The third-order valence-corrected chi connectivity index (χ3v) is 5.30. The van der Waals surface area contributed by atoms with Crippen LogP contribution in [0.2, 0.25) is 0 Å². The summed E-state index contributed by atoms with van der Waals surface area (Å²) in [6.07, 6.45) is 2.01. The van der Waals surface area contributed by atoms with E-state index in [-0.39, 0.29) is 5.97 Å². The van der Waals surface area contributed by atoms with Gasteiger partial charge in [-0.2, -0.15) is 0 Å². The Morgan fingerprint density at radius 3 is 2.56 bits per heavy atom. The fourth-order valence-electron chi connectivity index (χ4n) is 3.01. The molecule has 0 aliphatic rings. The highest BCUT2D eigenvalue weighted by molar-refractivity contribution is 7.99. The first-order chi connectivity index (χ1) is 12.2. The lowest BCUT2D eigenvalue weighted by molar-refractivity contribution is 0.0603.